The number of fused-ring (bicyclic) bond motifs is 9. The maximum atomic E-state index is 6.82. The van der Waals surface area contributed by atoms with Gasteiger partial charge in [0.15, 0.2) is 17.5 Å². The van der Waals surface area contributed by atoms with Crippen LogP contribution in [0, 0.1) is 0 Å². The van der Waals surface area contributed by atoms with E-state index in [2.05, 4.69) is 212 Å². The summed E-state index contributed by atoms with van der Waals surface area (Å²) >= 11 is 0. The van der Waals surface area contributed by atoms with Crippen molar-refractivity contribution >= 4 is 54.3 Å². The van der Waals surface area contributed by atoms with Crippen LogP contribution in [0.1, 0.15) is 0 Å². The van der Waals surface area contributed by atoms with E-state index in [1.807, 2.05) is 24.3 Å². The van der Waals surface area contributed by atoms with Crippen LogP contribution in [0.15, 0.2) is 241 Å². The molecule has 0 saturated carbocycles. The zero-order chi connectivity index (χ0) is 44.3. The first-order valence-electron chi connectivity index (χ1n) is 22.7. The molecule has 0 radical (unpaired) electrons. The molecule has 13 aromatic rings. The molecule has 4 nitrogen and oxygen atoms in total. The Morgan fingerprint density at radius 1 is 0.239 bits per heavy atom. The molecule has 4 heteroatoms. The smallest absolute Gasteiger partial charge is 0.164 e. The van der Waals surface area contributed by atoms with Crippen molar-refractivity contribution in [3.8, 4) is 78.7 Å². The molecule has 0 aliphatic rings. The van der Waals surface area contributed by atoms with Gasteiger partial charge in [0.2, 0.25) is 0 Å². The zero-order valence-electron chi connectivity index (χ0n) is 36.3. The van der Waals surface area contributed by atoms with Crippen LogP contribution in [0.5, 0.6) is 0 Å². The Morgan fingerprint density at radius 3 is 1.30 bits per heavy atom. The molecular weight excluding hydrogens is 815 g/mol. The SMILES string of the molecule is c1ccc(-c2ccc(-c3ccc(-c4nc(-c5ccc6c7ccccc7c7ccccc7c6c5)nc(-c5cccc6oc7c(-c8cccc(-c9ccccc9)c8)cccc7c56)n4)cc3)cc2)cc1. The van der Waals surface area contributed by atoms with Gasteiger partial charge in [-0.15, -0.1) is 0 Å². The minimum atomic E-state index is 0.578. The normalized spacial score (nSPS) is 11.6. The van der Waals surface area contributed by atoms with E-state index < -0.39 is 0 Å². The number of rotatable bonds is 7. The Bertz CT molecular complexity index is 3970. The predicted molar refractivity (Wildman–Crippen MR) is 278 cm³/mol. The van der Waals surface area contributed by atoms with Gasteiger partial charge in [-0.2, -0.15) is 0 Å². The van der Waals surface area contributed by atoms with Crippen LogP contribution in [0.3, 0.4) is 0 Å². The Hall–Kier alpha value is -8.99. The second-order valence-electron chi connectivity index (χ2n) is 17.1. The third kappa shape index (κ3) is 6.74. The molecule has 13 rings (SSSR count). The monoisotopic (exact) mass is 853 g/mol. The molecule has 0 unspecified atom stereocenters. The Balaban J connectivity index is 0.973. The summed E-state index contributed by atoms with van der Waals surface area (Å²) < 4.78 is 6.82. The molecule has 11 aromatic carbocycles. The molecule has 0 aliphatic carbocycles. The maximum Gasteiger partial charge on any atom is 0.164 e. The van der Waals surface area contributed by atoms with Crippen LogP contribution in [-0.2, 0) is 0 Å². The minimum absolute atomic E-state index is 0.578. The molecule has 0 atom stereocenters. The van der Waals surface area contributed by atoms with E-state index in [1.165, 1.54) is 43.6 Å². The lowest BCUT2D eigenvalue weighted by Gasteiger charge is -2.13. The van der Waals surface area contributed by atoms with Crippen molar-refractivity contribution < 1.29 is 4.42 Å². The molecule has 2 aromatic heterocycles. The van der Waals surface area contributed by atoms with Crippen LogP contribution in [0.2, 0.25) is 0 Å². The van der Waals surface area contributed by atoms with E-state index in [0.717, 1.165) is 71.8 Å². The van der Waals surface area contributed by atoms with Crippen molar-refractivity contribution in [2.45, 2.75) is 0 Å². The Morgan fingerprint density at radius 2 is 0.657 bits per heavy atom. The third-order valence-corrected chi connectivity index (χ3v) is 13.2. The van der Waals surface area contributed by atoms with Crippen LogP contribution >= 0.6 is 0 Å². The highest BCUT2D eigenvalue weighted by molar-refractivity contribution is 6.25. The summed E-state index contributed by atoms with van der Waals surface area (Å²) in [5.74, 6) is 1.77. The largest absolute Gasteiger partial charge is 0.455 e. The van der Waals surface area contributed by atoms with Crippen molar-refractivity contribution in [3.63, 3.8) is 0 Å². The quantitative estimate of drug-likeness (QED) is 0.150. The second kappa shape index (κ2) is 15.9. The van der Waals surface area contributed by atoms with Gasteiger partial charge in [-0.25, -0.2) is 15.0 Å². The van der Waals surface area contributed by atoms with Crippen LogP contribution in [0.4, 0.5) is 0 Å². The fourth-order valence-corrected chi connectivity index (χ4v) is 9.86. The van der Waals surface area contributed by atoms with E-state index in [9.17, 15) is 0 Å². The molecule has 0 amide bonds. The molecule has 0 saturated heterocycles. The number of hydrogen-bond donors (Lipinski definition) is 0. The molecular formula is C63H39N3O. The summed E-state index contributed by atoms with van der Waals surface area (Å²) in [5.41, 5.74) is 13.4. The van der Waals surface area contributed by atoms with Gasteiger partial charge in [0, 0.05) is 33.0 Å². The van der Waals surface area contributed by atoms with Crippen LogP contribution < -0.4 is 0 Å². The maximum absolute atomic E-state index is 6.82. The topological polar surface area (TPSA) is 51.8 Å². The van der Waals surface area contributed by atoms with Crippen LogP contribution in [-0.4, -0.2) is 15.0 Å². The van der Waals surface area contributed by atoms with Gasteiger partial charge in [-0.05, 0) is 89.5 Å². The highest BCUT2D eigenvalue weighted by Crippen LogP contribution is 2.42. The summed E-state index contributed by atoms with van der Waals surface area (Å²) in [6, 6.07) is 83.4. The predicted octanol–water partition coefficient (Wildman–Crippen LogP) is 16.9. The first-order valence-corrected chi connectivity index (χ1v) is 22.7. The number of furan rings is 1. The van der Waals surface area contributed by atoms with Gasteiger partial charge in [-0.3, -0.25) is 0 Å². The van der Waals surface area contributed by atoms with Gasteiger partial charge in [0.25, 0.3) is 0 Å². The molecule has 0 fully saturated rings. The number of para-hydroxylation sites is 1. The lowest BCUT2D eigenvalue weighted by atomic mass is 9.93. The second-order valence-corrected chi connectivity index (χ2v) is 17.1. The van der Waals surface area contributed by atoms with E-state index in [-0.39, 0.29) is 0 Å². The van der Waals surface area contributed by atoms with Gasteiger partial charge in [-0.1, -0.05) is 218 Å². The van der Waals surface area contributed by atoms with Gasteiger partial charge < -0.3 is 4.42 Å². The number of nitrogens with zero attached hydrogens (tertiary/aromatic N) is 3. The van der Waals surface area contributed by atoms with Crippen molar-refractivity contribution in [2.24, 2.45) is 0 Å². The van der Waals surface area contributed by atoms with Gasteiger partial charge in [0.05, 0.1) is 0 Å². The summed E-state index contributed by atoms with van der Waals surface area (Å²) in [5, 5.41) is 9.20. The first kappa shape index (κ1) is 38.5. The van der Waals surface area contributed by atoms with E-state index >= 15 is 0 Å². The number of hydrogen-bond acceptors (Lipinski definition) is 4. The molecule has 0 bridgehead atoms. The van der Waals surface area contributed by atoms with E-state index in [4.69, 9.17) is 19.4 Å². The summed E-state index contributed by atoms with van der Waals surface area (Å²) in [6.07, 6.45) is 0. The molecule has 0 spiro atoms. The molecule has 0 aliphatic heterocycles. The fourth-order valence-electron chi connectivity index (χ4n) is 9.86. The zero-order valence-corrected chi connectivity index (χ0v) is 36.3. The fraction of sp³-hybridized carbons (Fsp3) is 0. The Labute approximate surface area is 387 Å². The molecule has 67 heavy (non-hydrogen) atoms. The highest BCUT2D eigenvalue weighted by Gasteiger charge is 2.21. The van der Waals surface area contributed by atoms with E-state index in [0.29, 0.717) is 17.5 Å². The summed E-state index contributed by atoms with van der Waals surface area (Å²) in [4.78, 5) is 15.9. The van der Waals surface area contributed by atoms with Crippen molar-refractivity contribution in [1.29, 1.82) is 0 Å². The number of aromatic nitrogens is 3. The lowest BCUT2D eigenvalue weighted by molar-refractivity contribution is 0.670. The number of benzene rings is 11. The first-order chi connectivity index (χ1) is 33.2. The summed E-state index contributed by atoms with van der Waals surface area (Å²) in [6.45, 7) is 0. The van der Waals surface area contributed by atoms with Crippen molar-refractivity contribution in [3.05, 3.63) is 237 Å². The average molecular weight is 854 g/mol. The molecule has 312 valence electrons. The molecule has 0 N–H and O–H groups in total. The third-order valence-electron chi connectivity index (χ3n) is 13.2. The van der Waals surface area contributed by atoms with E-state index in [1.54, 1.807) is 0 Å². The van der Waals surface area contributed by atoms with Gasteiger partial charge >= 0.3 is 0 Å². The highest BCUT2D eigenvalue weighted by atomic mass is 16.3. The lowest BCUT2D eigenvalue weighted by Crippen LogP contribution is -2.00. The summed E-state index contributed by atoms with van der Waals surface area (Å²) in [7, 11) is 0. The van der Waals surface area contributed by atoms with Gasteiger partial charge in [0.1, 0.15) is 11.2 Å². The standard InChI is InChI=1S/C63H39N3O/c1-3-14-40(15-4-1)42-28-30-43(31-29-42)44-32-34-45(35-33-44)61-64-62(48-36-37-54-52-22-8-7-20-50(52)51-21-9-10-23-53(51)57(54)39-48)66-63(65-61)56-26-13-27-58-59(56)55-25-12-24-49(60(55)67-58)47-19-11-18-46(38-47)41-16-5-2-6-17-41/h1-39H. The average Bonchev–Trinajstić information content (AvgIpc) is 3.81. The Kier molecular flexibility index (Phi) is 9.14. The minimum Gasteiger partial charge on any atom is -0.455 e. The van der Waals surface area contributed by atoms with Crippen molar-refractivity contribution in [1.82, 2.24) is 15.0 Å². The van der Waals surface area contributed by atoms with Crippen LogP contribution in [0.25, 0.3) is 133 Å². The molecule has 2 heterocycles. The van der Waals surface area contributed by atoms with Crippen molar-refractivity contribution in [2.75, 3.05) is 0 Å².